The van der Waals surface area contributed by atoms with Crippen molar-refractivity contribution in [2.45, 2.75) is 26.2 Å². The van der Waals surface area contributed by atoms with Crippen molar-refractivity contribution in [2.24, 2.45) is 0 Å². The van der Waals surface area contributed by atoms with Crippen molar-refractivity contribution >= 4 is 17.1 Å². The van der Waals surface area contributed by atoms with E-state index >= 15 is 0 Å². The van der Waals surface area contributed by atoms with Crippen LogP contribution in [0.1, 0.15) is 23.2 Å². The van der Waals surface area contributed by atoms with Crippen LogP contribution in [0.2, 0.25) is 0 Å². The molecule has 0 aromatic carbocycles. The first kappa shape index (κ1) is 10.3. The number of aryl methyl sites for hydroxylation is 1. The highest BCUT2D eigenvalue weighted by Gasteiger charge is 2.03. The fourth-order valence-electron chi connectivity index (χ4n) is 1.02. The number of Topliss-reactive ketones (excluding diaryl/α,β-unsaturated/α-hetero) is 1. The molecule has 0 aliphatic heterocycles. The van der Waals surface area contributed by atoms with Crippen LogP contribution >= 0.6 is 11.3 Å². The standard InChI is InChI=1S/C9H13NO2S/c1-7(12)5-8-6-10-9(13-8)3-2-4-11/h6,11H,2-5H2,1H3. The highest BCUT2D eigenvalue weighted by molar-refractivity contribution is 7.11. The second kappa shape index (κ2) is 5.09. The Labute approximate surface area is 81.4 Å². The number of thiazole rings is 1. The Morgan fingerprint density at radius 2 is 2.46 bits per heavy atom. The molecule has 3 nitrogen and oxygen atoms in total. The fourth-order valence-corrected chi connectivity index (χ4v) is 2.06. The lowest BCUT2D eigenvalue weighted by atomic mass is 10.3. The van der Waals surface area contributed by atoms with Crippen LogP contribution in [0.4, 0.5) is 0 Å². The van der Waals surface area contributed by atoms with Gasteiger partial charge in [-0.25, -0.2) is 4.98 Å². The van der Waals surface area contributed by atoms with Crippen LogP contribution in [0, 0.1) is 0 Å². The third kappa shape index (κ3) is 3.65. The van der Waals surface area contributed by atoms with Crippen LogP contribution in [0.3, 0.4) is 0 Å². The van der Waals surface area contributed by atoms with Gasteiger partial charge in [0, 0.05) is 30.5 Å². The summed E-state index contributed by atoms with van der Waals surface area (Å²) in [6.45, 7) is 1.77. The van der Waals surface area contributed by atoms with Crippen LogP contribution in [0.15, 0.2) is 6.20 Å². The van der Waals surface area contributed by atoms with E-state index in [-0.39, 0.29) is 12.4 Å². The molecule has 1 rings (SSSR count). The smallest absolute Gasteiger partial charge is 0.135 e. The minimum absolute atomic E-state index is 0.164. The molecule has 72 valence electrons. The first-order chi connectivity index (χ1) is 6.22. The van der Waals surface area contributed by atoms with Crippen molar-refractivity contribution in [3.05, 3.63) is 16.1 Å². The number of aliphatic hydroxyl groups is 1. The largest absolute Gasteiger partial charge is 0.396 e. The number of aromatic nitrogens is 1. The average Bonchev–Trinajstić information content (AvgIpc) is 2.48. The van der Waals surface area contributed by atoms with Gasteiger partial charge >= 0.3 is 0 Å². The Balaban J connectivity index is 2.48. The predicted octanol–water partition coefficient (Wildman–Crippen LogP) is 1.20. The van der Waals surface area contributed by atoms with Gasteiger partial charge in [-0.3, -0.25) is 4.79 Å². The highest BCUT2D eigenvalue weighted by Crippen LogP contribution is 2.15. The maximum absolute atomic E-state index is 10.8. The van der Waals surface area contributed by atoms with Crippen LogP contribution < -0.4 is 0 Å². The molecule has 0 bridgehead atoms. The predicted molar refractivity (Wildman–Crippen MR) is 51.9 cm³/mol. The molecule has 1 N–H and O–H groups in total. The molecule has 0 fully saturated rings. The third-order valence-corrected chi connectivity index (χ3v) is 2.63. The van der Waals surface area contributed by atoms with E-state index in [2.05, 4.69) is 4.98 Å². The van der Waals surface area contributed by atoms with E-state index in [1.807, 2.05) is 0 Å². The number of ketones is 1. The Kier molecular flexibility index (Phi) is 4.05. The Bertz CT molecular complexity index is 283. The first-order valence-corrected chi connectivity index (χ1v) is 5.08. The van der Waals surface area contributed by atoms with Crippen molar-refractivity contribution in [3.8, 4) is 0 Å². The van der Waals surface area contributed by atoms with Crippen LogP contribution in [-0.2, 0) is 17.6 Å². The van der Waals surface area contributed by atoms with E-state index in [1.54, 1.807) is 24.5 Å². The lowest BCUT2D eigenvalue weighted by Gasteiger charge is -1.90. The molecule has 0 aliphatic rings. The second-order valence-electron chi connectivity index (χ2n) is 2.93. The average molecular weight is 199 g/mol. The number of carbonyl (C=O) groups excluding carboxylic acids is 1. The summed E-state index contributed by atoms with van der Waals surface area (Å²) >= 11 is 1.56. The van der Waals surface area contributed by atoms with E-state index in [1.165, 1.54) is 0 Å². The van der Waals surface area contributed by atoms with Gasteiger partial charge in [-0.2, -0.15) is 0 Å². The van der Waals surface area contributed by atoms with Crippen molar-refractivity contribution < 1.29 is 9.90 Å². The van der Waals surface area contributed by atoms with Gasteiger partial charge in [-0.05, 0) is 13.3 Å². The van der Waals surface area contributed by atoms with Gasteiger partial charge in [-0.15, -0.1) is 11.3 Å². The van der Waals surface area contributed by atoms with Crippen LogP contribution in [-0.4, -0.2) is 22.5 Å². The highest BCUT2D eigenvalue weighted by atomic mass is 32.1. The topological polar surface area (TPSA) is 50.2 Å². The van der Waals surface area contributed by atoms with Gasteiger partial charge in [0.15, 0.2) is 0 Å². The van der Waals surface area contributed by atoms with Crippen molar-refractivity contribution in [3.63, 3.8) is 0 Å². The number of rotatable bonds is 5. The van der Waals surface area contributed by atoms with Crippen LogP contribution in [0.5, 0.6) is 0 Å². The SMILES string of the molecule is CC(=O)Cc1cnc(CCCO)s1. The molecular weight excluding hydrogens is 186 g/mol. The van der Waals surface area contributed by atoms with E-state index in [4.69, 9.17) is 5.11 Å². The summed E-state index contributed by atoms with van der Waals surface area (Å²) in [7, 11) is 0. The normalized spacial score (nSPS) is 10.3. The van der Waals surface area contributed by atoms with Gasteiger partial charge in [0.1, 0.15) is 5.78 Å². The zero-order chi connectivity index (χ0) is 9.68. The van der Waals surface area contributed by atoms with Crippen molar-refractivity contribution in [1.82, 2.24) is 4.98 Å². The summed E-state index contributed by atoms with van der Waals surface area (Å²) in [6, 6.07) is 0. The third-order valence-electron chi connectivity index (χ3n) is 1.57. The number of hydrogen-bond acceptors (Lipinski definition) is 4. The molecule has 0 spiro atoms. The van der Waals surface area contributed by atoms with Gasteiger partial charge < -0.3 is 5.11 Å². The fraction of sp³-hybridized carbons (Fsp3) is 0.556. The molecule has 1 heterocycles. The molecule has 4 heteroatoms. The molecule has 0 atom stereocenters. The maximum Gasteiger partial charge on any atom is 0.135 e. The lowest BCUT2D eigenvalue weighted by Crippen LogP contribution is -1.92. The summed E-state index contributed by atoms with van der Waals surface area (Å²) in [5, 5.41) is 9.61. The lowest BCUT2D eigenvalue weighted by molar-refractivity contribution is -0.116. The number of aliphatic hydroxyl groups excluding tert-OH is 1. The molecule has 1 aromatic heterocycles. The van der Waals surface area contributed by atoms with Crippen molar-refractivity contribution in [2.75, 3.05) is 6.61 Å². The van der Waals surface area contributed by atoms with Gasteiger partial charge in [0.05, 0.1) is 5.01 Å². The minimum Gasteiger partial charge on any atom is -0.396 e. The van der Waals surface area contributed by atoms with Gasteiger partial charge in [0.25, 0.3) is 0 Å². The molecule has 0 radical (unpaired) electrons. The molecule has 1 aromatic rings. The summed E-state index contributed by atoms with van der Waals surface area (Å²) in [5.74, 6) is 0.164. The zero-order valence-electron chi connectivity index (χ0n) is 7.62. The van der Waals surface area contributed by atoms with Gasteiger partial charge in [-0.1, -0.05) is 0 Å². The van der Waals surface area contributed by atoms with E-state index < -0.39 is 0 Å². The molecule has 0 unspecified atom stereocenters. The summed E-state index contributed by atoms with van der Waals surface area (Å²) in [4.78, 5) is 16.0. The molecule has 0 amide bonds. The van der Waals surface area contributed by atoms with Gasteiger partial charge in [0.2, 0.25) is 0 Å². The van der Waals surface area contributed by atoms with E-state index in [0.29, 0.717) is 6.42 Å². The first-order valence-electron chi connectivity index (χ1n) is 4.26. The monoisotopic (exact) mass is 199 g/mol. The number of carbonyl (C=O) groups is 1. The molecule has 0 aliphatic carbocycles. The Morgan fingerprint density at radius 3 is 3.08 bits per heavy atom. The zero-order valence-corrected chi connectivity index (χ0v) is 8.43. The number of nitrogens with zero attached hydrogens (tertiary/aromatic N) is 1. The Hall–Kier alpha value is -0.740. The maximum atomic E-state index is 10.8. The summed E-state index contributed by atoms with van der Waals surface area (Å²) in [5.41, 5.74) is 0. The van der Waals surface area contributed by atoms with Crippen molar-refractivity contribution in [1.29, 1.82) is 0 Å². The Morgan fingerprint density at radius 1 is 1.69 bits per heavy atom. The molecule has 0 saturated heterocycles. The summed E-state index contributed by atoms with van der Waals surface area (Å²) < 4.78 is 0. The molecular formula is C9H13NO2S. The molecule has 0 saturated carbocycles. The van der Waals surface area contributed by atoms with E-state index in [0.717, 1.165) is 22.7 Å². The molecule has 13 heavy (non-hydrogen) atoms. The second-order valence-corrected chi connectivity index (χ2v) is 4.13. The summed E-state index contributed by atoms with van der Waals surface area (Å²) in [6.07, 6.45) is 3.78. The minimum atomic E-state index is 0.164. The van der Waals surface area contributed by atoms with E-state index in [9.17, 15) is 4.79 Å². The van der Waals surface area contributed by atoms with Crippen LogP contribution in [0.25, 0.3) is 0 Å². The number of hydrogen-bond donors (Lipinski definition) is 1. The quantitative estimate of drug-likeness (QED) is 0.775.